The zero-order valence-electron chi connectivity index (χ0n) is 11.6. The normalized spacial score (nSPS) is 11.6. The van der Waals surface area contributed by atoms with Crippen LogP contribution in [-0.2, 0) is 0 Å². The molecule has 7 heteroatoms. The number of likely N-dealkylation sites (N-methyl/N-ethyl adjacent to an activating group) is 1. The van der Waals surface area contributed by atoms with Crippen molar-refractivity contribution in [1.82, 2.24) is 9.97 Å². The molecule has 0 atom stereocenters. The summed E-state index contributed by atoms with van der Waals surface area (Å²) in [5.41, 5.74) is -0.277. The van der Waals surface area contributed by atoms with E-state index >= 15 is 0 Å². The topological polar surface area (TPSA) is 92.4 Å². The number of non-ortho nitro benzene ring substituents is 1. The van der Waals surface area contributed by atoms with Gasteiger partial charge in [-0.05, 0) is 19.9 Å². The Balaban J connectivity index is 2.52. The quantitative estimate of drug-likeness (QED) is 0.675. The fourth-order valence-electron chi connectivity index (χ4n) is 2.10. The number of benzene rings is 1. The van der Waals surface area contributed by atoms with Gasteiger partial charge in [0.1, 0.15) is 12.1 Å². The highest BCUT2D eigenvalue weighted by Gasteiger charge is 2.19. The molecule has 0 unspecified atom stereocenters. The van der Waals surface area contributed by atoms with E-state index in [9.17, 15) is 15.2 Å². The molecule has 0 amide bonds. The second kappa shape index (κ2) is 5.01. The van der Waals surface area contributed by atoms with E-state index in [4.69, 9.17) is 0 Å². The molecule has 0 radical (unpaired) electrons. The van der Waals surface area contributed by atoms with E-state index in [1.165, 1.54) is 18.5 Å². The van der Waals surface area contributed by atoms with Crippen molar-refractivity contribution < 1.29 is 10.0 Å². The highest BCUT2D eigenvalue weighted by molar-refractivity contribution is 5.90. The van der Waals surface area contributed by atoms with Crippen LogP contribution in [0, 0.1) is 10.1 Å². The first kappa shape index (κ1) is 14.1. The van der Waals surface area contributed by atoms with Crippen LogP contribution in [0.3, 0.4) is 0 Å². The Labute approximate surface area is 116 Å². The van der Waals surface area contributed by atoms with Crippen molar-refractivity contribution in [2.45, 2.75) is 19.4 Å². The van der Waals surface area contributed by atoms with E-state index in [0.717, 1.165) is 0 Å². The van der Waals surface area contributed by atoms with Crippen LogP contribution in [-0.4, -0.2) is 39.2 Å². The average Bonchev–Trinajstić information content (AvgIpc) is 2.35. The first-order valence-electron chi connectivity index (χ1n) is 6.10. The number of anilines is 1. The third-order valence-electron chi connectivity index (χ3n) is 2.79. The Kier molecular flexibility index (Phi) is 3.54. The Bertz CT molecular complexity index is 652. The van der Waals surface area contributed by atoms with E-state index in [2.05, 4.69) is 9.97 Å². The maximum absolute atomic E-state index is 10.9. The van der Waals surface area contributed by atoms with E-state index in [-0.39, 0.29) is 5.69 Å². The molecule has 2 aromatic rings. The summed E-state index contributed by atoms with van der Waals surface area (Å²) in [4.78, 5) is 20.4. The lowest BCUT2D eigenvalue weighted by atomic mass is 10.1. The van der Waals surface area contributed by atoms with Gasteiger partial charge in [-0.3, -0.25) is 10.1 Å². The summed E-state index contributed by atoms with van der Waals surface area (Å²) >= 11 is 0. The second-order valence-corrected chi connectivity index (χ2v) is 5.32. The molecule has 0 fully saturated rings. The van der Waals surface area contributed by atoms with Crippen molar-refractivity contribution in [2.24, 2.45) is 0 Å². The zero-order chi connectivity index (χ0) is 14.9. The molecule has 1 aromatic heterocycles. The Morgan fingerprint density at radius 1 is 1.40 bits per heavy atom. The fraction of sp³-hybridized carbons (Fsp3) is 0.385. The molecule has 0 aliphatic rings. The SMILES string of the molecule is CN(CC(C)(C)O)c1ncnc2ccc([N+](=O)[O-])cc12. The van der Waals surface area contributed by atoms with Crippen molar-refractivity contribution in [2.75, 3.05) is 18.5 Å². The molecule has 0 spiro atoms. The van der Waals surface area contributed by atoms with Gasteiger partial charge in [0.2, 0.25) is 0 Å². The minimum atomic E-state index is -0.896. The molecule has 1 heterocycles. The number of aliphatic hydroxyl groups is 1. The van der Waals surface area contributed by atoms with Crippen molar-refractivity contribution in [1.29, 1.82) is 0 Å². The molecule has 0 aliphatic carbocycles. The number of nitro groups is 1. The largest absolute Gasteiger partial charge is 0.389 e. The summed E-state index contributed by atoms with van der Waals surface area (Å²) in [6.45, 7) is 3.73. The van der Waals surface area contributed by atoms with Crippen LogP contribution in [0.4, 0.5) is 11.5 Å². The summed E-state index contributed by atoms with van der Waals surface area (Å²) in [5.74, 6) is 0.556. The summed E-state index contributed by atoms with van der Waals surface area (Å²) < 4.78 is 0. The third kappa shape index (κ3) is 3.00. The Morgan fingerprint density at radius 3 is 2.70 bits per heavy atom. The number of hydrogen-bond donors (Lipinski definition) is 1. The summed E-state index contributed by atoms with van der Waals surface area (Å²) in [5, 5.41) is 21.3. The molecule has 0 bridgehead atoms. The van der Waals surface area contributed by atoms with Gasteiger partial charge in [-0.1, -0.05) is 0 Å². The van der Waals surface area contributed by atoms with Crippen LogP contribution in [0.2, 0.25) is 0 Å². The third-order valence-corrected chi connectivity index (χ3v) is 2.79. The van der Waals surface area contributed by atoms with Crippen LogP contribution in [0.15, 0.2) is 24.5 Å². The van der Waals surface area contributed by atoms with Crippen molar-refractivity contribution in [3.63, 3.8) is 0 Å². The van der Waals surface area contributed by atoms with Crippen molar-refractivity contribution in [3.05, 3.63) is 34.6 Å². The number of nitro benzene ring substituents is 1. The summed E-state index contributed by atoms with van der Waals surface area (Å²) in [7, 11) is 1.78. The van der Waals surface area contributed by atoms with Gasteiger partial charge in [0.15, 0.2) is 0 Å². The lowest BCUT2D eigenvalue weighted by Gasteiger charge is -2.26. The highest BCUT2D eigenvalue weighted by atomic mass is 16.6. The monoisotopic (exact) mass is 276 g/mol. The smallest absolute Gasteiger partial charge is 0.270 e. The van der Waals surface area contributed by atoms with Gasteiger partial charge < -0.3 is 10.0 Å². The highest BCUT2D eigenvalue weighted by Crippen LogP contribution is 2.26. The van der Waals surface area contributed by atoms with Gasteiger partial charge in [0.25, 0.3) is 5.69 Å². The van der Waals surface area contributed by atoms with Gasteiger partial charge >= 0.3 is 0 Å². The first-order chi connectivity index (χ1) is 9.28. The maximum Gasteiger partial charge on any atom is 0.270 e. The summed E-state index contributed by atoms with van der Waals surface area (Å²) in [6.07, 6.45) is 1.41. The molecule has 20 heavy (non-hydrogen) atoms. The van der Waals surface area contributed by atoms with Gasteiger partial charge in [-0.15, -0.1) is 0 Å². The molecule has 1 aromatic carbocycles. The maximum atomic E-state index is 10.9. The van der Waals surface area contributed by atoms with Gasteiger partial charge in [-0.25, -0.2) is 9.97 Å². The molecule has 106 valence electrons. The van der Waals surface area contributed by atoms with E-state index in [0.29, 0.717) is 23.3 Å². The standard InChI is InChI=1S/C13H16N4O3/c1-13(2,18)7-16(3)12-10-6-9(17(19)20)4-5-11(10)14-8-15-12/h4-6,8,18H,7H2,1-3H3. The molecule has 7 nitrogen and oxygen atoms in total. The average molecular weight is 276 g/mol. The molecule has 2 rings (SSSR count). The van der Waals surface area contributed by atoms with Crippen LogP contribution in [0.5, 0.6) is 0 Å². The van der Waals surface area contributed by atoms with E-state index in [1.54, 1.807) is 31.9 Å². The lowest BCUT2D eigenvalue weighted by molar-refractivity contribution is -0.384. The van der Waals surface area contributed by atoms with E-state index < -0.39 is 10.5 Å². The zero-order valence-corrected chi connectivity index (χ0v) is 11.6. The Morgan fingerprint density at radius 2 is 2.10 bits per heavy atom. The molecule has 1 N–H and O–H groups in total. The molecular weight excluding hydrogens is 260 g/mol. The molecule has 0 saturated carbocycles. The first-order valence-corrected chi connectivity index (χ1v) is 6.10. The van der Waals surface area contributed by atoms with Crippen LogP contribution in [0.25, 0.3) is 10.9 Å². The number of hydrogen-bond acceptors (Lipinski definition) is 6. The fourth-order valence-corrected chi connectivity index (χ4v) is 2.10. The molecule has 0 saturated heterocycles. The molecular formula is C13H16N4O3. The summed E-state index contributed by atoms with van der Waals surface area (Å²) in [6, 6.07) is 4.46. The number of nitrogens with zero attached hydrogens (tertiary/aromatic N) is 4. The predicted molar refractivity (Wildman–Crippen MR) is 75.8 cm³/mol. The van der Waals surface area contributed by atoms with Gasteiger partial charge in [0.05, 0.1) is 16.0 Å². The number of rotatable bonds is 4. The van der Waals surface area contributed by atoms with Crippen LogP contribution < -0.4 is 4.90 Å². The van der Waals surface area contributed by atoms with Gasteiger partial charge in [0, 0.05) is 31.1 Å². The van der Waals surface area contributed by atoms with E-state index in [1.807, 2.05) is 0 Å². The van der Waals surface area contributed by atoms with Crippen molar-refractivity contribution >= 4 is 22.4 Å². The van der Waals surface area contributed by atoms with Crippen molar-refractivity contribution in [3.8, 4) is 0 Å². The number of fused-ring (bicyclic) bond motifs is 1. The minimum Gasteiger partial charge on any atom is -0.389 e. The van der Waals surface area contributed by atoms with Crippen LogP contribution in [0.1, 0.15) is 13.8 Å². The second-order valence-electron chi connectivity index (χ2n) is 5.32. The number of aromatic nitrogens is 2. The van der Waals surface area contributed by atoms with Gasteiger partial charge in [-0.2, -0.15) is 0 Å². The molecule has 0 aliphatic heterocycles. The lowest BCUT2D eigenvalue weighted by Crippen LogP contribution is -2.36. The minimum absolute atomic E-state index is 0.00907. The van der Waals surface area contributed by atoms with Crippen LogP contribution >= 0.6 is 0 Å². The predicted octanol–water partition coefficient (Wildman–Crippen LogP) is 1.75. The Hall–Kier alpha value is -2.28.